The quantitative estimate of drug-likeness (QED) is 0.102. The highest BCUT2D eigenvalue weighted by Crippen LogP contribution is 2.12. The lowest BCUT2D eigenvalue weighted by Crippen LogP contribution is -2.58. The molecule has 0 spiro atoms. The van der Waals surface area contributed by atoms with Crippen molar-refractivity contribution in [2.75, 3.05) is 0 Å². The van der Waals surface area contributed by atoms with Crippen molar-refractivity contribution in [1.82, 2.24) is 16.0 Å². The van der Waals surface area contributed by atoms with Crippen molar-refractivity contribution in [3.63, 3.8) is 0 Å². The second-order valence-corrected chi connectivity index (χ2v) is 8.20. The minimum Gasteiger partial charge on any atom is -0.508 e. The zero-order valence-electron chi connectivity index (χ0n) is 20.0. The molecule has 0 aliphatic heterocycles. The van der Waals surface area contributed by atoms with Gasteiger partial charge >= 0.3 is 17.9 Å². The van der Waals surface area contributed by atoms with Crippen LogP contribution in [-0.2, 0) is 40.0 Å². The number of carboxylic acid groups (broad SMARTS) is 3. The SMILES string of the molecule is NC(=O)CCC(NC(=O)C(Cc1ccc(O)cc1)NC(=O)C(CC(=O)O)NC(=O)C(N)CC(=O)O)C(=O)O. The number of nitrogens with two attached hydrogens (primary N) is 2. The third-order valence-corrected chi connectivity index (χ3v) is 5.05. The normalized spacial score (nSPS) is 13.7. The molecule has 1 rings (SSSR count). The molecule has 4 amide bonds. The molecule has 1 aromatic rings. The number of benzene rings is 1. The molecule has 0 heterocycles. The highest BCUT2D eigenvalue weighted by Gasteiger charge is 2.32. The molecule has 4 atom stereocenters. The van der Waals surface area contributed by atoms with Gasteiger partial charge in [-0.3, -0.25) is 28.8 Å². The molecular formula is C22H29N5O11. The van der Waals surface area contributed by atoms with Gasteiger partial charge in [0.1, 0.15) is 23.9 Å². The van der Waals surface area contributed by atoms with Crippen molar-refractivity contribution < 1.29 is 54.0 Å². The van der Waals surface area contributed by atoms with Gasteiger partial charge in [0.2, 0.25) is 23.6 Å². The standard InChI is InChI=1S/C22H29N5O11/c23-12(8-17(30)31)19(34)26-15(9-18(32)33)21(36)27-14(7-10-1-3-11(28)4-2-10)20(35)25-13(22(37)38)5-6-16(24)29/h1-4,12-15,28H,5-9,23H2,(H2,24,29)(H,25,35)(H,26,34)(H,27,36)(H,30,31)(H,32,33)(H,37,38). The fourth-order valence-electron chi connectivity index (χ4n) is 3.11. The molecule has 11 N–H and O–H groups in total. The first kappa shape index (κ1) is 31.3. The van der Waals surface area contributed by atoms with E-state index in [4.69, 9.17) is 21.7 Å². The van der Waals surface area contributed by atoms with Gasteiger partial charge in [-0.1, -0.05) is 12.1 Å². The lowest BCUT2D eigenvalue weighted by Gasteiger charge is -2.24. The van der Waals surface area contributed by atoms with Crippen LogP contribution >= 0.6 is 0 Å². The van der Waals surface area contributed by atoms with Crippen LogP contribution in [0.1, 0.15) is 31.2 Å². The number of hydrogen-bond donors (Lipinski definition) is 9. The van der Waals surface area contributed by atoms with Crippen molar-refractivity contribution in [3.05, 3.63) is 29.8 Å². The van der Waals surface area contributed by atoms with E-state index in [1.54, 1.807) is 0 Å². The summed E-state index contributed by atoms with van der Waals surface area (Å²) < 4.78 is 0. The molecule has 1 aromatic carbocycles. The van der Waals surface area contributed by atoms with Crippen LogP contribution in [0.2, 0.25) is 0 Å². The Morgan fingerprint density at radius 1 is 0.737 bits per heavy atom. The van der Waals surface area contributed by atoms with Crippen LogP contribution in [0.3, 0.4) is 0 Å². The maximum Gasteiger partial charge on any atom is 0.326 e. The maximum absolute atomic E-state index is 13.0. The molecule has 0 bridgehead atoms. The van der Waals surface area contributed by atoms with E-state index >= 15 is 0 Å². The first-order valence-electron chi connectivity index (χ1n) is 11.1. The predicted molar refractivity (Wildman–Crippen MR) is 126 cm³/mol. The van der Waals surface area contributed by atoms with Gasteiger partial charge in [-0.15, -0.1) is 0 Å². The summed E-state index contributed by atoms with van der Waals surface area (Å²) in [5.74, 6) is -8.65. The van der Waals surface area contributed by atoms with Crippen molar-refractivity contribution >= 4 is 41.5 Å². The number of carboxylic acids is 3. The van der Waals surface area contributed by atoms with E-state index in [1.165, 1.54) is 24.3 Å². The molecule has 16 heteroatoms. The molecule has 0 aliphatic rings. The Morgan fingerprint density at radius 3 is 1.74 bits per heavy atom. The van der Waals surface area contributed by atoms with E-state index in [1.807, 2.05) is 5.32 Å². The number of hydrogen-bond acceptors (Lipinski definition) is 9. The second kappa shape index (κ2) is 14.7. The van der Waals surface area contributed by atoms with Gasteiger partial charge in [0.25, 0.3) is 0 Å². The van der Waals surface area contributed by atoms with Crippen LogP contribution in [0, 0.1) is 0 Å². The number of aromatic hydroxyl groups is 1. The number of rotatable bonds is 16. The summed E-state index contributed by atoms with van der Waals surface area (Å²) in [4.78, 5) is 82.7. The third-order valence-electron chi connectivity index (χ3n) is 5.05. The highest BCUT2D eigenvalue weighted by molar-refractivity contribution is 5.96. The minimum atomic E-state index is -1.78. The maximum atomic E-state index is 13.0. The first-order valence-corrected chi connectivity index (χ1v) is 11.1. The van der Waals surface area contributed by atoms with E-state index in [0.29, 0.717) is 5.56 Å². The number of carbonyl (C=O) groups is 7. The Bertz CT molecular complexity index is 1060. The van der Waals surface area contributed by atoms with Crippen molar-refractivity contribution in [2.24, 2.45) is 11.5 Å². The number of phenols is 1. The summed E-state index contributed by atoms with van der Waals surface area (Å²) in [5.41, 5.74) is 10.9. The van der Waals surface area contributed by atoms with Crippen molar-refractivity contribution in [3.8, 4) is 5.75 Å². The Balaban J connectivity index is 3.18. The van der Waals surface area contributed by atoms with Gasteiger partial charge in [0.15, 0.2) is 0 Å². The third kappa shape index (κ3) is 11.3. The van der Waals surface area contributed by atoms with Crippen LogP contribution in [0.25, 0.3) is 0 Å². The molecule has 0 saturated carbocycles. The Kier molecular flexibility index (Phi) is 12.1. The number of carbonyl (C=O) groups excluding carboxylic acids is 4. The molecule has 0 radical (unpaired) electrons. The number of phenolic OH excluding ortho intramolecular Hbond substituents is 1. The summed E-state index contributed by atoms with van der Waals surface area (Å²) in [6.45, 7) is 0. The number of primary amides is 1. The predicted octanol–water partition coefficient (Wildman–Crippen LogP) is -2.98. The summed E-state index contributed by atoms with van der Waals surface area (Å²) >= 11 is 0. The van der Waals surface area contributed by atoms with Crippen LogP contribution in [-0.4, -0.2) is 86.1 Å². The van der Waals surface area contributed by atoms with Crippen molar-refractivity contribution in [2.45, 2.75) is 56.3 Å². The second-order valence-electron chi connectivity index (χ2n) is 8.20. The van der Waals surface area contributed by atoms with E-state index < -0.39 is 78.5 Å². The zero-order chi connectivity index (χ0) is 29.0. The highest BCUT2D eigenvalue weighted by atomic mass is 16.4. The lowest BCUT2D eigenvalue weighted by molar-refractivity contribution is -0.143. The summed E-state index contributed by atoms with van der Waals surface area (Å²) in [6, 6.07) is -1.06. The van der Waals surface area contributed by atoms with Crippen LogP contribution in [0.5, 0.6) is 5.75 Å². The molecule has 38 heavy (non-hydrogen) atoms. The van der Waals surface area contributed by atoms with E-state index in [-0.39, 0.29) is 25.0 Å². The average molecular weight is 539 g/mol. The Morgan fingerprint density at radius 2 is 1.24 bits per heavy atom. The van der Waals surface area contributed by atoms with E-state index in [2.05, 4.69) is 10.6 Å². The van der Waals surface area contributed by atoms with Gasteiger partial charge in [-0.25, -0.2) is 4.79 Å². The fraction of sp³-hybridized carbons (Fsp3) is 0.409. The lowest BCUT2D eigenvalue weighted by atomic mass is 10.0. The molecule has 208 valence electrons. The van der Waals surface area contributed by atoms with Gasteiger partial charge in [-0.2, -0.15) is 0 Å². The molecule has 0 aliphatic carbocycles. The number of amides is 4. The van der Waals surface area contributed by atoms with Gasteiger partial charge in [0.05, 0.1) is 18.9 Å². The Labute approximate surface area is 215 Å². The van der Waals surface area contributed by atoms with Crippen LogP contribution in [0.4, 0.5) is 0 Å². The van der Waals surface area contributed by atoms with Crippen LogP contribution < -0.4 is 27.4 Å². The monoisotopic (exact) mass is 539 g/mol. The molecule has 0 aromatic heterocycles. The molecule has 16 nitrogen and oxygen atoms in total. The number of nitrogens with one attached hydrogen (secondary N) is 3. The molecular weight excluding hydrogens is 510 g/mol. The molecule has 0 fully saturated rings. The van der Waals surface area contributed by atoms with Gasteiger partial charge in [0, 0.05) is 12.8 Å². The summed E-state index contributed by atoms with van der Waals surface area (Å²) in [7, 11) is 0. The van der Waals surface area contributed by atoms with Crippen LogP contribution in [0.15, 0.2) is 24.3 Å². The minimum absolute atomic E-state index is 0.0990. The van der Waals surface area contributed by atoms with Crippen molar-refractivity contribution in [1.29, 1.82) is 0 Å². The fourth-order valence-corrected chi connectivity index (χ4v) is 3.11. The zero-order valence-corrected chi connectivity index (χ0v) is 20.0. The van der Waals surface area contributed by atoms with E-state index in [0.717, 1.165) is 0 Å². The topological polar surface area (TPSA) is 289 Å². The van der Waals surface area contributed by atoms with E-state index in [9.17, 15) is 43.8 Å². The smallest absolute Gasteiger partial charge is 0.326 e. The largest absolute Gasteiger partial charge is 0.508 e. The number of aliphatic carboxylic acids is 3. The average Bonchev–Trinajstić information content (AvgIpc) is 2.80. The summed E-state index contributed by atoms with van der Waals surface area (Å²) in [5, 5.41) is 43.2. The molecule has 0 saturated heterocycles. The summed E-state index contributed by atoms with van der Waals surface area (Å²) in [6.07, 6.45) is -2.74. The first-order chi connectivity index (χ1) is 17.7. The molecule has 4 unspecified atom stereocenters. The van der Waals surface area contributed by atoms with Gasteiger partial charge < -0.3 is 47.8 Å². The van der Waals surface area contributed by atoms with Gasteiger partial charge in [-0.05, 0) is 24.1 Å². The Hall–Kier alpha value is -4.73.